The number of hydrogen-bond donors (Lipinski definition) is 9. The molecule has 0 heterocycles. The van der Waals surface area contributed by atoms with Crippen LogP contribution in [0.4, 0.5) is 0 Å². The molecule has 0 saturated heterocycles. The minimum absolute atomic E-state index is 0.429. The molecule has 10 N–H and O–H groups in total. The first kappa shape index (κ1) is 26.7. The van der Waals surface area contributed by atoms with E-state index in [0.717, 1.165) is 0 Å². The highest BCUT2D eigenvalue weighted by molar-refractivity contribution is 5.94. The molecule has 15 nitrogen and oxygen atoms in total. The first-order valence-corrected chi connectivity index (χ1v) is 8.47. The number of amides is 3. The van der Waals surface area contributed by atoms with Gasteiger partial charge in [-0.15, -0.1) is 0 Å². The molecule has 0 radical (unpaired) electrons. The topological polar surface area (TPSA) is 266 Å². The van der Waals surface area contributed by atoms with Crippen LogP contribution in [0.5, 0.6) is 0 Å². The average Bonchev–Trinajstić information content (AvgIpc) is 2.66. The Labute approximate surface area is 169 Å². The molecule has 170 valence electrons. The highest BCUT2D eigenvalue weighted by atomic mass is 16.4. The van der Waals surface area contributed by atoms with Crippen molar-refractivity contribution in [3.8, 4) is 0 Å². The molecule has 0 aliphatic heterocycles. The van der Waals surface area contributed by atoms with Crippen LogP contribution in [0, 0.1) is 0 Å². The number of carbonyl (C=O) groups is 6. The third kappa shape index (κ3) is 9.76. The van der Waals surface area contributed by atoms with E-state index in [1.165, 1.54) is 0 Å². The van der Waals surface area contributed by atoms with Crippen molar-refractivity contribution >= 4 is 35.6 Å². The van der Waals surface area contributed by atoms with E-state index in [1.807, 2.05) is 10.6 Å². The van der Waals surface area contributed by atoms with Gasteiger partial charge in [-0.3, -0.25) is 24.0 Å². The van der Waals surface area contributed by atoms with Crippen molar-refractivity contribution < 1.29 is 54.3 Å². The summed E-state index contributed by atoms with van der Waals surface area (Å²) in [4.78, 5) is 68.6. The molecule has 0 rings (SSSR count). The van der Waals surface area contributed by atoms with Gasteiger partial charge in [-0.1, -0.05) is 0 Å². The molecule has 4 unspecified atom stereocenters. The molecule has 0 aromatic rings. The first-order chi connectivity index (χ1) is 13.9. The van der Waals surface area contributed by atoms with Crippen molar-refractivity contribution in [1.29, 1.82) is 0 Å². The van der Waals surface area contributed by atoms with Gasteiger partial charge in [-0.25, -0.2) is 4.79 Å². The molecule has 0 aliphatic rings. The molecular formula is C15H24N4O11. The van der Waals surface area contributed by atoms with Crippen LogP contribution in [0.3, 0.4) is 0 Å². The summed E-state index contributed by atoms with van der Waals surface area (Å²) in [5, 5.41) is 50.4. The van der Waals surface area contributed by atoms with Crippen molar-refractivity contribution in [2.45, 2.75) is 43.4 Å². The number of carboxylic acid groups (broad SMARTS) is 3. The van der Waals surface area contributed by atoms with Crippen molar-refractivity contribution in [1.82, 2.24) is 16.0 Å². The highest BCUT2D eigenvalue weighted by Gasteiger charge is 2.31. The van der Waals surface area contributed by atoms with Gasteiger partial charge in [-0.2, -0.15) is 0 Å². The van der Waals surface area contributed by atoms with Gasteiger partial charge >= 0.3 is 17.9 Å². The maximum absolute atomic E-state index is 12.3. The maximum atomic E-state index is 12.3. The number of aliphatic carboxylic acids is 3. The Morgan fingerprint density at radius 1 is 0.700 bits per heavy atom. The molecule has 0 spiro atoms. The summed E-state index contributed by atoms with van der Waals surface area (Å²) in [6.07, 6.45) is -1.96. The number of aliphatic hydroxyl groups excluding tert-OH is 2. The van der Waals surface area contributed by atoms with Crippen molar-refractivity contribution in [2.75, 3.05) is 13.2 Å². The summed E-state index contributed by atoms with van der Waals surface area (Å²) in [6, 6.07) is -6.49. The van der Waals surface area contributed by atoms with E-state index >= 15 is 0 Å². The van der Waals surface area contributed by atoms with Crippen LogP contribution in [-0.2, 0) is 28.8 Å². The molecule has 0 bridgehead atoms. The first-order valence-electron chi connectivity index (χ1n) is 8.47. The molecule has 0 fully saturated rings. The summed E-state index contributed by atoms with van der Waals surface area (Å²) < 4.78 is 0. The van der Waals surface area contributed by atoms with E-state index < -0.39 is 92.3 Å². The fourth-order valence-electron chi connectivity index (χ4n) is 2.01. The molecular weight excluding hydrogens is 412 g/mol. The lowest BCUT2D eigenvalue weighted by Gasteiger charge is -2.23. The van der Waals surface area contributed by atoms with Crippen LogP contribution in [-0.4, -0.2) is 98.5 Å². The normalized spacial score (nSPS) is 14.5. The van der Waals surface area contributed by atoms with E-state index in [2.05, 4.69) is 5.32 Å². The summed E-state index contributed by atoms with van der Waals surface area (Å²) >= 11 is 0. The number of aliphatic hydroxyl groups is 2. The Bertz CT molecular complexity index is 669. The smallest absolute Gasteiger partial charge is 0.326 e. The van der Waals surface area contributed by atoms with Crippen molar-refractivity contribution in [3.63, 3.8) is 0 Å². The Hall–Kier alpha value is -3.30. The summed E-state index contributed by atoms with van der Waals surface area (Å²) in [5.74, 6) is -7.81. The van der Waals surface area contributed by atoms with Gasteiger partial charge in [0.15, 0.2) is 0 Å². The quantitative estimate of drug-likeness (QED) is 0.124. The number of nitrogens with one attached hydrogen (secondary N) is 3. The van der Waals surface area contributed by atoms with Crippen LogP contribution in [0.25, 0.3) is 0 Å². The molecule has 15 heteroatoms. The van der Waals surface area contributed by atoms with Gasteiger partial charge in [0.05, 0.1) is 19.6 Å². The summed E-state index contributed by atoms with van der Waals surface area (Å²) in [6.45, 7) is -1.78. The zero-order valence-electron chi connectivity index (χ0n) is 15.6. The second-order valence-electron chi connectivity index (χ2n) is 6.02. The van der Waals surface area contributed by atoms with Crippen LogP contribution in [0.15, 0.2) is 0 Å². The Morgan fingerprint density at radius 2 is 1.20 bits per heavy atom. The van der Waals surface area contributed by atoms with Gasteiger partial charge in [0, 0.05) is 6.42 Å². The summed E-state index contributed by atoms with van der Waals surface area (Å²) in [7, 11) is 0. The van der Waals surface area contributed by atoms with Gasteiger partial charge in [0.2, 0.25) is 17.7 Å². The lowest BCUT2D eigenvalue weighted by atomic mass is 10.1. The predicted octanol–water partition coefficient (Wildman–Crippen LogP) is -4.82. The third-order valence-corrected chi connectivity index (χ3v) is 3.62. The van der Waals surface area contributed by atoms with E-state index in [-0.39, 0.29) is 0 Å². The van der Waals surface area contributed by atoms with E-state index in [0.29, 0.717) is 0 Å². The van der Waals surface area contributed by atoms with E-state index in [4.69, 9.17) is 26.2 Å². The van der Waals surface area contributed by atoms with Crippen LogP contribution >= 0.6 is 0 Å². The van der Waals surface area contributed by atoms with E-state index in [1.54, 1.807) is 0 Å². The lowest BCUT2D eigenvalue weighted by Crippen LogP contribution is -2.58. The molecule has 0 aliphatic carbocycles. The zero-order chi connectivity index (χ0) is 23.4. The third-order valence-electron chi connectivity index (χ3n) is 3.62. The SMILES string of the molecule is NC(CO)C(=O)NC(CCC(=O)O)C(=O)NC(CO)C(=O)NC(CC(=O)O)C(=O)O. The zero-order valence-corrected chi connectivity index (χ0v) is 15.6. The molecule has 0 aromatic carbocycles. The van der Waals surface area contributed by atoms with Crippen LogP contribution in [0.1, 0.15) is 19.3 Å². The van der Waals surface area contributed by atoms with Gasteiger partial charge < -0.3 is 47.2 Å². The molecule has 3 amide bonds. The lowest BCUT2D eigenvalue weighted by molar-refractivity contribution is -0.147. The Balaban J connectivity index is 5.26. The summed E-state index contributed by atoms with van der Waals surface area (Å²) in [5.41, 5.74) is 5.30. The number of carboxylic acids is 3. The van der Waals surface area contributed by atoms with Crippen LogP contribution < -0.4 is 21.7 Å². The number of carbonyl (C=O) groups excluding carboxylic acids is 3. The molecule has 0 aromatic heterocycles. The largest absolute Gasteiger partial charge is 0.481 e. The highest BCUT2D eigenvalue weighted by Crippen LogP contribution is 2.01. The van der Waals surface area contributed by atoms with Crippen molar-refractivity contribution in [3.05, 3.63) is 0 Å². The van der Waals surface area contributed by atoms with Crippen molar-refractivity contribution in [2.24, 2.45) is 5.73 Å². The van der Waals surface area contributed by atoms with E-state index in [9.17, 15) is 33.9 Å². The average molecular weight is 436 g/mol. The predicted molar refractivity (Wildman–Crippen MR) is 94.7 cm³/mol. The molecule has 4 atom stereocenters. The molecule has 30 heavy (non-hydrogen) atoms. The minimum Gasteiger partial charge on any atom is -0.481 e. The molecule has 0 saturated carbocycles. The van der Waals surface area contributed by atoms with Gasteiger partial charge in [0.25, 0.3) is 0 Å². The monoisotopic (exact) mass is 436 g/mol. The maximum Gasteiger partial charge on any atom is 0.326 e. The van der Waals surface area contributed by atoms with Gasteiger partial charge in [0.1, 0.15) is 24.2 Å². The number of rotatable bonds is 14. The minimum atomic E-state index is -1.84. The number of nitrogens with two attached hydrogens (primary N) is 1. The second-order valence-corrected chi connectivity index (χ2v) is 6.02. The fraction of sp³-hybridized carbons (Fsp3) is 0.600. The second kappa shape index (κ2) is 13.0. The fourth-order valence-corrected chi connectivity index (χ4v) is 2.01. The van der Waals surface area contributed by atoms with Crippen LogP contribution in [0.2, 0.25) is 0 Å². The Kier molecular flexibility index (Phi) is 11.6. The number of hydrogen-bond acceptors (Lipinski definition) is 9. The van der Waals surface area contributed by atoms with Gasteiger partial charge in [-0.05, 0) is 6.42 Å². The standard InChI is InChI=1S/C15H24N4O11/c16-6(4-20)12(26)17-7(1-2-10(22)23)13(27)19-9(5-21)14(28)18-8(15(29)30)3-11(24)25/h6-9,20-21H,1-5,16H2,(H,17,26)(H,18,28)(H,19,27)(H,22,23)(H,24,25)(H,29,30). The Morgan fingerprint density at radius 3 is 1.63 bits per heavy atom.